The Labute approximate surface area is 81.0 Å². The Hall–Kier alpha value is -0.330. The highest BCUT2D eigenvalue weighted by molar-refractivity contribution is 4.85. The number of ether oxygens (including phenoxy) is 1. The molecule has 2 N–H and O–H groups in total. The first kappa shape index (κ1) is 11.7. The molecule has 14 heavy (non-hydrogen) atoms. The van der Waals surface area contributed by atoms with Crippen LogP contribution in [0.1, 0.15) is 6.92 Å². The number of alkyl halides is 3. The Bertz CT molecular complexity index is 186. The van der Waals surface area contributed by atoms with Crippen LogP contribution in [0.25, 0.3) is 0 Å². The third-order valence-electron chi connectivity index (χ3n) is 2.43. The van der Waals surface area contributed by atoms with Crippen LogP contribution in [0.15, 0.2) is 0 Å². The number of nitrogens with two attached hydrogens (primary N) is 1. The summed E-state index contributed by atoms with van der Waals surface area (Å²) in [6.45, 7) is 2.46. The SMILES string of the molecule is CCOC[C@@H]1CN(N)C[C@H]1C(F)(F)F. The van der Waals surface area contributed by atoms with Gasteiger partial charge in [-0.25, -0.2) is 5.01 Å². The Morgan fingerprint density at radius 1 is 1.43 bits per heavy atom. The average Bonchev–Trinajstić information content (AvgIpc) is 2.42. The molecule has 0 aromatic heterocycles. The Morgan fingerprint density at radius 3 is 2.57 bits per heavy atom. The van der Waals surface area contributed by atoms with E-state index in [-0.39, 0.29) is 19.7 Å². The molecule has 1 heterocycles. The summed E-state index contributed by atoms with van der Waals surface area (Å²) in [6.07, 6.45) is -4.17. The molecule has 0 saturated carbocycles. The fraction of sp³-hybridized carbons (Fsp3) is 1.00. The smallest absolute Gasteiger partial charge is 0.381 e. The van der Waals surface area contributed by atoms with Crippen molar-refractivity contribution in [3.8, 4) is 0 Å². The summed E-state index contributed by atoms with van der Waals surface area (Å²) in [7, 11) is 0. The summed E-state index contributed by atoms with van der Waals surface area (Å²) < 4.78 is 42.4. The molecular formula is C8H15F3N2O. The maximum absolute atomic E-state index is 12.5. The summed E-state index contributed by atoms with van der Waals surface area (Å²) in [5.41, 5.74) is 0. The van der Waals surface area contributed by atoms with E-state index >= 15 is 0 Å². The minimum Gasteiger partial charge on any atom is -0.381 e. The van der Waals surface area contributed by atoms with Gasteiger partial charge in [-0.3, -0.25) is 5.84 Å². The molecule has 0 amide bonds. The van der Waals surface area contributed by atoms with Crippen molar-refractivity contribution in [2.24, 2.45) is 17.7 Å². The number of rotatable bonds is 3. The van der Waals surface area contributed by atoms with Gasteiger partial charge in [-0.15, -0.1) is 0 Å². The van der Waals surface area contributed by atoms with E-state index in [4.69, 9.17) is 10.6 Å². The highest BCUT2D eigenvalue weighted by Gasteiger charge is 2.49. The molecule has 1 fully saturated rings. The lowest BCUT2D eigenvalue weighted by molar-refractivity contribution is -0.184. The van der Waals surface area contributed by atoms with Crippen molar-refractivity contribution in [3.05, 3.63) is 0 Å². The van der Waals surface area contributed by atoms with Crippen LogP contribution >= 0.6 is 0 Å². The van der Waals surface area contributed by atoms with Gasteiger partial charge in [0.05, 0.1) is 12.5 Å². The second kappa shape index (κ2) is 4.46. The third kappa shape index (κ3) is 2.83. The predicted molar refractivity (Wildman–Crippen MR) is 45.3 cm³/mol. The standard InChI is InChI=1S/C8H15F3N2O/c1-2-14-5-6-3-13(12)4-7(6)8(9,10)11/h6-7H,2-5,12H2,1H3/t6-,7+/m0/s1. The van der Waals surface area contributed by atoms with Crippen LogP contribution in [0.2, 0.25) is 0 Å². The average molecular weight is 212 g/mol. The van der Waals surface area contributed by atoms with Crippen LogP contribution in [-0.4, -0.2) is 37.5 Å². The maximum atomic E-state index is 12.5. The van der Waals surface area contributed by atoms with E-state index in [9.17, 15) is 13.2 Å². The van der Waals surface area contributed by atoms with Crippen molar-refractivity contribution in [2.75, 3.05) is 26.3 Å². The molecule has 3 nitrogen and oxygen atoms in total. The largest absolute Gasteiger partial charge is 0.393 e. The molecule has 0 aromatic carbocycles. The first-order valence-corrected chi connectivity index (χ1v) is 4.59. The molecule has 84 valence electrons. The van der Waals surface area contributed by atoms with E-state index in [0.717, 1.165) is 0 Å². The third-order valence-corrected chi connectivity index (χ3v) is 2.43. The zero-order valence-corrected chi connectivity index (χ0v) is 8.05. The van der Waals surface area contributed by atoms with Gasteiger partial charge < -0.3 is 4.74 Å². The van der Waals surface area contributed by atoms with Crippen molar-refractivity contribution >= 4 is 0 Å². The van der Waals surface area contributed by atoms with Crippen LogP contribution < -0.4 is 5.84 Å². The van der Waals surface area contributed by atoms with Gasteiger partial charge in [0.2, 0.25) is 0 Å². The lowest BCUT2D eigenvalue weighted by Crippen LogP contribution is -2.33. The van der Waals surface area contributed by atoms with Gasteiger partial charge in [-0.05, 0) is 6.92 Å². The Morgan fingerprint density at radius 2 is 2.07 bits per heavy atom. The molecule has 0 bridgehead atoms. The van der Waals surface area contributed by atoms with Crippen molar-refractivity contribution in [3.63, 3.8) is 0 Å². The fourth-order valence-electron chi connectivity index (χ4n) is 1.71. The summed E-state index contributed by atoms with van der Waals surface area (Å²) in [4.78, 5) is 0. The van der Waals surface area contributed by atoms with Crippen LogP contribution in [0.3, 0.4) is 0 Å². The van der Waals surface area contributed by atoms with Gasteiger partial charge >= 0.3 is 6.18 Å². The minimum absolute atomic E-state index is 0.124. The molecule has 2 atom stereocenters. The highest BCUT2D eigenvalue weighted by atomic mass is 19.4. The van der Waals surface area contributed by atoms with Crippen LogP contribution in [0, 0.1) is 11.8 Å². The Balaban J connectivity index is 2.54. The van der Waals surface area contributed by atoms with Crippen LogP contribution in [0.4, 0.5) is 13.2 Å². The molecule has 6 heteroatoms. The number of halogens is 3. The lowest BCUT2D eigenvalue weighted by atomic mass is 9.96. The fourth-order valence-corrected chi connectivity index (χ4v) is 1.71. The lowest BCUT2D eigenvalue weighted by Gasteiger charge is -2.20. The maximum Gasteiger partial charge on any atom is 0.393 e. The molecule has 0 aromatic rings. The number of hydrogen-bond donors (Lipinski definition) is 1. The van der Waals surface area contributed by atoms with Gasteiger partial charge in [-0.2, -0.15) is 13.2 Å². The summed E-state index contributed by atoms with van der Waals surface area (Å²) in [5, 5.41) is 1.21. The second-order valence-corrected chi connectivity index (χ2v) is 3.52. The van der Waals surface area contributed by atoms with E-state index in [0.29, 0.717) is 6.61 Å². The number of hydrogen-bond acceptors (Lipinski definition) is 3. The molecule has 0 radical (unpaired) electrons. The molecule has 1 rings (SSSR count). The predicted octanol–water partition coefficient (Wildman–Crippen LogP) is 1.01. The van der Waals surface area contributed by atoms with Crippen LogP contribution in [-0.2, 0) is 4.74 Å². The zero-order chi connectivity index (χ0) is 10.8. The molecule has 1 aliphatic heterocycles. The summed E-state index contributed by atoms with van der Waals surface area (Å²) >= 11 is 0. The van der Waals surface area contributed by atoms with Gasteiger partial charge in [0.1, 0.15) is 0 Å². The molecule has 0 aliphatic carbocycles. The Kier molecular flexibility index (Phi) is 3.74. The van der Waals surface area contributed by atoms with E-state index in [1.165, 1.54) is 5.01 Å². The number of nitrogens with zero attached hydrogens (tertiary/aromatic N) is 1. The van der Waals surface area contributed by atoms with Crippen molar-refractivity contribution in [1.29, 1.82) is 0 Å². The summed E-state index contributed by atoms with van der Waals surface area (Å²) in [6, 6.07) is 0. The van der Waals surface area contributed by atoms with E-state index in [1.807, 2.05) is 0 Å². The molecule has 0 spiro atoms. The molecule has 1 aliphatic rings. The van der Waals surface area contributed by atoms with Gasteiger partial charge in [0.25, 0.3) is 0 Å². The number of hydrazine groups is 1. The molecular weight excluding hydrogens is 197 g/mol. The van der Waals surface area contributed by atoms with Crippen molar-refractivity contribution in [2.45, 2.75) is 13.1 Å². The first-order valence-electron chi connectivity index (χ1n) is 4.59. The van der Waals surface area contributed by atoms with Crippen molar-refractivity contribution < 1.29 is 17.9 Å². The quantitative estimate of drug-likeness (QED) is 0.709. The normalized spacial score (nSPS) is 29.8. The zero-order valence-electron chi connectivity index (χ0n) is 8.05. The van der Waals surface area contributed by atoms with E-state index < -0.39 is 18.0 Å². The molecule has 1 saturated heterocycles. The van der Waals surface area contributed by atoms with Gasteiger partial charge in [-0.1, -0.05) is 0 Å². The van der Waals surface area contributed by atoms with E-state index in [2.05, 4.69) is 0 Å². The van der Waals surface area contributed by atoms with Gasteiger partial charge in [0, 0.05) is 25.6 Å². The minimum atomic E-state index is -4.17. The van der Waals surface area contributed by atoms with E-state index in [1.54, 1.807) is 6.92 Å². The molecule has 0 unspecified atom stereocenters. The summed E-state index contributed by atoms with van der Waals surface area (Å²) in [5.74, 6) is 3.49. The van der Waals surface area contributed by atoms with Crippen molar-refractivity contribution in [1.82, 2.24) is 5.01 Å². The van der Waals surface area contributed by atoms with Gasteiger partial charge in [0.15, 0.2) is 0 Å². The first-order chi connectivity index (χ1) is 6.45. The topological polar surface area (TPSA) is 38.5 Å². The highest BCUT2D eigenvalue weighted by Crippen LogP contribution is 2.36. The monoisotopic (exact) mass is 212 g/mol. The van der Waals surface area contributed by atoms with Crippen LogP contribution in [0.5, 0.6) is 0 Å². The second-order valence-electron chi connectivity index (χ2n) is 3.52.